The van der Waals surface area contributed by atoms with E-state index < -0.39 is 11.9 Å². The number of carbonyl (C=O) groups excluding carboxylic acids is 1. The molecule has 0 aliphatic carbocycles. The van der Waals surface area contributed by atoms with Crippen LogP contribution in [-0.4, -0.2) is 42.2 Å². The second kappa shape index (κ2) is 7.04. The van der Waals surface area contributed by atoms with E-state index in [9.17, 15) is 9.18 Å². The van der Waals surface area contributed by atoms with Gasteiger partial charge in [-0.05, 0) is 36.0 Å². The Morgan fingerprint density at radius 2 is 2.00 bits per heavy atom. The van der Waals surface area contributed by atoms with E-state index in [1.165, 1.54) is 6.07 Å². The Balaban J connectivity index is 1.53. The molecule has 2 aliphatic heterocycles. The van der Waals surface area contributed by atoms with Crippen molar-refractivity contribution < 1.29 is 13.9 Å². The van der Waals surface area contributed by atoms with Crippen molar-refractivity contribution in [1.29, 1.82) is 0 Å². The molecule has 2 aromatic heterocycles. The van der Waals surface area contributed by atoms with Crippen LogP contribution in [0.1, 0.15) is 42.4 Å². The second-order valence-corrected chi connectivity index (χ2v) is 8.26. The van der Waals surface area contributed by atoms with Gasteiger partial charge in [0.05, 0.1) is 6.61 Å². The molecule has 7 heteroatoms. The molecule has 2 aromatic rings. The number of halogens is 1. The van der Waals surface area contributed by atoms with E-state index >= 15 is 0 Å². The molecule has 28 heavy (non-hydrogen) atoms. The van der Waals surface area contributed by atoms with E-state index in [-0.39, 0.29) is 5.41 Å². The average Bonchev–Trinajstić information content (AvgIpc) is 2.65. The van der Waals surface area contributed by atoms with Crippen LogP contribution in [0.3, 0.4) is 0 Å². The molecule has 4 rings (SSSR count). The number of esters is 1. The molecule has 0 unspecified atom stereocenters. The monoisotopic (exact) mass is 384 g/mol. The molecule has 1 fully saturated rings. The van der Waals surface area contributed by atoms with Gasteiger partial charge in [-0.25, -0.2) is 14.8 Å². The number of hydrogen-bond donors (Lipinski definition) is 0. The summed E-state index contributed by atoms with van der Waals surface area (Å²) in [5.41, 5.74) is 3.59. The quantitative estimate of drug-likeness (QED) is 0.596. The predicted molar refractivity (Wildman–Crippen MR) is 105 cm³/mol. The molecule has 2 aliphatic rings. The fourth-order valence-electron chi connectivity index (χ4n) is 3.94. The molecule has 0 bridgehead atoms. The number of hydrogen-bond acceptors (Lipinski definition) is 6. The molecule has 0 atom stereocenters. The zero-order chi connectivity index (χ0) is 19.9. The first-order valence-corrected chi connectivity index (χ1v) is 9.67. The Bertz CT molecular complexity index is 907. The lowest BCUT2D eigenvalue weighted by Gasteiger charge is -2.47. The van der Waals surface area contributed by atoms with Crippen LogP contribution in [0.15, 0.2) is 24.4 Å². The summed E-state index contributed by atoms with van der Waals surface area (Å²) in [4.78, 5) is 24.5. The summed E-state index contributed by atoms with van der Waals surface area (Å²) in [7, 11) is 0. The minimum Gasteiger partial charge on any atom is -0.461 e. The summed E-state index contributed by atoms with van der Waals surface area (Å²) in [6, 6.07) is 5.27. The van der Waals surface area contributed by atoms with E-state index in [0.717, 1.165) is 36.3 Å². The van der Waals surface area contributed by atoms with Crippen molar-refractivity contribution in [1.82, 2.24) is 9.97 Å². The molecule has 0 saturated carbocycles. The van der Waals surface area contributed by atoms with Crippen LogP contribution in [0.4, 0.5) is 15.9 Å². The van der Waals surface area contributed by atoms with Crippen LogP contribution in [0.5, 0.6) is 0 Å². The lowest BCUT2D eigenvalue weighted by Crippen LogP contribution is -2.53. The van der Waals surface area contributed by atoms with Crippen LogP contribution in [0.25, 0.3) is 0 Å². The van der Waals surface area contributed by atoms with Gasteiger partial charge in [-0.2, -0.15) is 4.39 Å². The first-order chi connectivity index (χ1) is 13.3. The van der Waals surface area contributed by atoms with Crippen molar-refractivity contribution in [3.8, 4) is 0 Å². The molecule has 148 valence electrons. The third kappa shape index (κ3) is 3.66. The highest BCUT2D eigenvalue weighted by molar-refractivity contribution is 5.87. The predicted octanol–water partition coefficient (Wildman–Crippen LogP) is 3.20. The van der Waals surface area contributed by atoms with Crippen LogP contribution in [0.2, 0.25) is 0 Å². The average molecular weight is 384 g/mol. The van der Waals surface area contributed by atoms with Crippen molar-refractivity contribution >= 4 is 17.5 Å². The molecule has 0 spiro atoms. The number of pyridine rings is 2. The zero-order valence-corrected chi connectivity index (χ0v) is 16.5. The summed E-state index contributed by atoms with van der Waals surface area (Å²) < 4.78 is 19.2. The van der Waals surface area contributed by atoms with Gasteiger partial charge in [0, 0.05) is 50.2 Å². The Kier molecular flexibility index (Phi) is 4.69. The van der Waals surface area contributed by atoms with Crippen LogP contribution in [-0.2, 0) is 17.7 Å². The maximum Gasteiger partial charge on any atom is 0.356 e. The van der Waals surface area contributed by atoms with Crippen molar-refractivity contribution in [2.75, 3.05) is 36.0 Å². The van der Waals surface area contributed by atoms with Crippen molar-refractivity contribution in [3.63, 3.8) is 0 Å². The fraction of sp³-hybridized carbons (Fsp3) is 0.476. The molecule has 4 heterocycles. The normalized spacial score (nSPS) is 17.7. The van der Waals surface area contributed by atoms with Gasteiger partial charge in [0.1, 0.15) is 11.5 Å². The highest BCUT2D eigenvalue weighted by atomic mass is 19.1. The maximum absolute atomic E-state index is 14.2. The van der Waals surface area contributed by atoms with E-state index in [2.05, 4.69) is 33.6 Å². The Labute approximate surface area is 164 Å². The largest absolute Gasteiger partial charge is 0.461 e. The van der Waals surface area contributed by atoms with Gasteiger partial charge < -0.3 is 14.5 Å². The van der Waals surface area contributed by atoms with Gasteiger partial charge in [0.15, 0.2) is 0 Å². The van der Waals surface area contributed by atoms with E-state index in [1.54, 1.807) is 19.2 Å². The number of anilines is 2. The number of nitrogens with zero attached hydrogens (tertiary/aromatic N) is 4. The first kappa shape index (κ1) is 18.7. The van der Waals surface area contributed by atoms with Crippen LogP contribution in [0, 0.1) is 11.4 Å². The summed E-state index contributed by atoms with van der Waals surface area (Å²) in [5.74, 6) is -0.222. The van der Waals surface area contributed by atoms with Gasteiger partial charge in [-0.3, -0.25) is 0 Å². The van der Waals surface area contributed by atoms with E-state index in [0.29, 0.717) is 31.2 Å². The molecule has 0 aromatic carbocycles. The zero-order valence-electron chi connectivity index (χ0n) is 16.5. The van der Waals surface area contributed by atoms with Crippen molar-refractivity contribution in [2.24, 2.45) is 5.41 Å². The fourth-order valence-corrected chi connectivity index (χ4v) is 3.94. The lowest BCUT2D eigenvalue weighted by atomic mass is 9.84. The maximum atomic E-state index is 14.2. The first-order valence-electron chi connectivity index (χ1n) is 9.67. The Morgan fingerprint density at radius 3 is 2.71 bits per heavy atom. The van der Waals surface area contributed by atoms with Crippen molar-refractivity contribution in [3.05, 3.63) is 47.2 Å². The smallest absolute Gasteiger partial charge is 0.356 e. The Morgan fingerprint density at radius 1 is 1.21 bits per heavy atom. The van der Waals surface area contributed by atoms with E-state index in [4.69, 9.17) is 4.74 Å². The molecule has 0 N–H and O–H groups in total. The van der Waals surface area contributed by atoms with Crippen LogP contribution < -0.4 is 9.80 Å². The number of fused-ring (bicyclic) bond motifs is 1. The number of carbonyl (C=O) groups is 1. The molecular formula is C21H25FN4O2. The highest BCUT2D eigenvalue weighted by Crippen LogP contribution is 2.35. The summed E-state index contributed by atoms with van der Waals surface area (Å²) in [5, 5.41) is 0. The molecule has 0 amide bonds. The molecule has 6 nitrogen and oxygen atoms in total. The third-order valence-electron chi connectivity index (χ3n) is 5.27. The minimum absolute atomic E-state index is 0.270. The number of ether oxygens (including phenoxy) is 1. The topological polar surface area (TPSA) is 58.6 Å². The SMILES string of the molecule is CCOC(=O)c1cc2c(cn1)CN(c1cc(N3CC(C)(C)C3)cc(F)n1)CC2. The second-order valence-electron chi connectivity index (χ2n) is 8.26. The lowest BCUT2D eigenvalue weighted by molar-refractivity contribution is 0.0519. The third-order valence-corrected chi connectivity index (χ3v) is 5.27. The molecule has 0 radical (unpaired) electrons. The van der Waals surface area contributed by atoms with Crippen molar-refractivity contribution in [2.45, 2.75) is 33.7 Å². The standard InChI is InChI=1S/C21H25FN4O2/c1-4-28-20(27)17-7-14-5-6-25(11-15(14)10-23-17)19-9-16(8-18(22)24-19)26-12-21(2,3)13-26/h7-10H,4-6,11-13H2,1-3H3. The summed E-state index contributed by atoms with van der Waals surface area (Å²) in [6.45, 7) is 9.65. The summed E-state index contributed by atoms with van der Waals surface area (Å²) >= 11 is 0. The van der Waals surface area contributed by atoms with Gasteiger partial charge in [-0.15, -0.1) is 0 Å². The molecule has 1 saturated heterocycles. The van der Waals surface area contributed by atoms with Gasteiger partial charge in [0.25, 0.3) is 0 Å². The number of aromatic nitrogens is 2. The summed E-state index contributed by atoms with van der Waals surface area (Å²) in [6.07, 6.45) is 2.46. The van der Waals surface area contributed by atoms with Gasteiger partial charge in [0.2, 0.25) is 5.95 Å². The van der Waals surface area contributed by atoms with E-state index in [1.807, 2.05) is 6.07 Å². The minimum atomic E-state index is -0.459. The number of rotatable bonds is 4. The highest BCUT2D eigenvalue weighted by Gasteiger charge is 2.34. The van der Waals surface area contributed by atoms with Gasteiger partial charge in [-0.1, -0.05) is 13.8 Å². The van der Waals surface area contributed by atoms with Crippen LogP contribution >= 0.6 is 0 Å². The molecular weight excluding hydrogens is 359 g/mol. The Hall–Kier alpha value is -2.70. The van der Waals surface area contributed by atoms with Gasteiger partial charge >= 0.3 is 5.97 Å².